The van der Waals surface area contributed by atoms with Gasteiger partial charge in [-0.15, -0.1) is 0 Å². The van der Waals surface area contributed by atoms with E-state index in [0.29, 0.717) is 0 Å². The minimum absolute atomic E-state index is 0.00706. The molecule has 1 unspecified atom stereocenters. The summed E-state index contributed by atoms with van der Waals surface area (Å²) in [7, 11) is 0. The largest absolute Gasteiger partial charge is 0.466 e. The van der Waals surface area contributed by atoms with Crippen molar-refractivity contribution in [2.75, 3.05) is 13.2 Å². The first-order valence-electron chi connectivity index (χ1n) is 7.01. The van der Waals surface area contributed by atoms with Crippen LogP contribution in [0, 0.1) is 0 Å². The van der Waals surface area contributed by atoms with Crippen molar-refractivity contribution in [3.63, 3.8) is 0 Å². The van der Waals surface area contributed by atoms with E-state index < -0.39 is 29.7 Å². The SMILES string of the molecule is CCOC(=O)CCC(NC(=O)OC(C)(C)C)C(=O)OCC. The summed E-state index contributed by atoms with van der Waals surface area (Å²) in [5.41, 5.74) is -0.676. The zero-order valence-electron chi connectivity index (χ0n) is 13.4. The first-order chi connectivity index (χ1) is 9.69. The first kappa shape index (κ1) is 19.2. The summed E-state index contributed by atoms with van der Waals surface area (Å²) >= 11 is 0. The summed E-state index contributed by atoms with van der Waals surface area (Å²) in [6.45, 7) is 8.94. The molecule has 0 aromatic carbocycles. The Morgan fingerprint density at radius 1 is 1.05 bits per heavy atom. The third-order valence-electron chi connectivity index (χ3n) is 2.20. The molecule has 1 N–H and O–H groups in total. The molecule has 0 aliphatic heterocycles. The molecule has 0 aromatic heterocycles. The molecule has 0 radical (unpaired) electrons. The van der Waals surface area contributed by atoms with E-state index >= 15 is 0 Å². The first-order valence-corrected chi connectivity index (χ1v) is 7.01. The van der Waals surface area contributed by atoms with Gasteiger partial charge < -0.3 is 19.5 Å². The lowest BCUT2D eigenvalue weighted by molar-refractivity contribution is -0.147. The van der Waals surface area contributed by atoms with Gasteiger partial charge in [0.1, 0.15) is 11.6 Å². The van der Waals surface area contributed by atoms with Crippen LogP contribution in [-0.4, -0.2) is 42.9 Å². The van der Waals surface area contributed by atoms with Crippen LogP contribution in [0.5, 0.6) is 0 Å². The van der Waals surface area contributed by atoms with E-state index in [1.165, 1.54) is 0 Å². The van der Waals surface area contributed by atoms with Gasteiger partial charge in [-0.1, -0.05) is 0 Å². The number of hydrogen-bond donors (Lipinski definition) is 1. The molecule has 0 rings (SSSR count). The van der Waals surface area contributed by atoms with Gasteiger partial charge in [-0.25, -0.2) is 9.59 Å². The smallest absolute Gasteiger partial charge is 0.408 e. The number of esters is 2. The number of carbonyl (C=O) groups is 3. The highest BCUT2D eigenvalue weighted by Crippen LogP contribution is 2.08. The minimum atomic E-state index is -0.941. The Labute approximate surface area is 125 Å². The van der Waals surface area contributed by atoms with E-state index in [0.717, 1.165) is 0 Å². The van der Waals surface area contributed by atoms with Gasteiger partial charge in [0, 0.05) is 6.42 Å². The molecule has 7 heteroatoms. The summed E-state index contributed by atoms with van der Waals surface area (Å²) in [6, 6.07) is -0.941. The zero-order chi connectivity index (χ0) is 16.5. The number of carbonyl (C=O) groups excluding carboxylic acids is 3. The average Bonchev–Trinajstić information content (AvgIpc) is 2.32. The van der Waals surface area contributed by atoms with E-state index in [1.54, 1.807) is 34.6 Å². The van der Waals surface area contributed by atoms with Crippen molar-refractivity contribution in [2.24, 2.45) is 0 Å². The number of ether oxygens (including phenoxy) is 3. The lowest BCUT2D eigenvalue weighted by Crippen LogP contribution is -2.44. The van der Waals surface area contributed by atoms with Crippen LogP contribution in [-0.2, 0) is 23.8 Å². The Balaban J connectivity index is 4.56. The Kier molecular flexibility index (Phi) is 8.42. The van der Waals surface area contributed by atoms with Gasteiger partial charge >= 0.3 is 18.0 Å². The molecule has 122 valence electrons. The molecule has 0 aliphatic carbocycles. The molecule has 0 saturated carbocycles. The maximum absolute atomic E-state index is 11.8. The van der Waals surface area contributed by atoms with Gasteiger partial charge in [-0.2, -0.15) is 0 Å². The van der Waals surface area contributed by atoms with Gasteiger partial charge in [0.15, 0.2) is 0 Å². The van der Waals surface area contributed by atoms with Crippen LogP contribution in [0.3, 0.4) is 0 Å². The summed E-state index contributed by atoms with van der Waals surface area (Å²) in [5.74, 6) is -1.04. The number of hydrogen-bond acceptors (Lipinski definition) is 6. The van der Waals surface area contributed by atoms with E-state index in [-0.39, 0.29) is 26.1 Å². The van der Waals surface area contributed by atoms with Crippen LogP contribution in [0.1, 0.15) is 47.5 Å². The van der Waals surface area contributed by atoms with Crippen LogP contribution >= 0.6 is 0 Å². The second-order valence-corrected chi connectivity index (χ2v) is 5.29. The number of amides is 1. The van der Waals surface area contributed by atoms with Gasteiger partial charge in [-0.05, 0) is 41.0 Å². The normalized spacial score (nSPS) is 12.2. The topological polar surface area (TPSA) is 90.9 Å². The predicted octanol–water partition coefficient (Wildman–Crippen LogP) is 1.79. The average molecular weight is 303 g/mol. The molecule has 0 aliphatic rings. The lowest BCUT2D eigenvalue weighted by Gasteiger charge is -2.22. The fourth-order valence-electron chi connectivity index (χ4n) is 1.44. The summed E-state index contributed by atoms with van der Waals surface area (Å²) in [4.78, 5) is 34.8. The fourth-order valence-corrected chi connectivity index (χ4v) is 1.44. The Morgan fingerprint density at radius 2 is 1.62 bits per heavy atom. The summed E-state index contributed by atoms with van der Waals surface area (Å²) in [5, 5.41) is 2.41. The van der Waals surface area contributed by atoms with Crippen LogP contribution in [0.15, 0.2) is 0 Å². The lowest BCUT2D eigenvalue weighted by atomic mass is 10.1. The predicted molar refractivity (Wildman–Crippen MR) is 75.7 cm³/mol. The standard InChI is InChI=1S/C14H25NO6/c1-6-19-11(16)9-8-10(12(17)20-7-2)15-13(18)21-14(3,4)5/h10H,6-9H2,1-5H3,(H,15,18). The maximum Gasteiger partial charge on any atom is 0.408 e. The molecule has 0 heterocycles. The third-order valence-corrected chi connectivity index (χ3v) is 2.20. The minimum Gasteiger partial charge on any atom is -0.466 e. The quantitative estimate of drug-likeness (QED) is 0.569. The van der Waals surface area contributed by atoms with Crippen molar-refractivity contribution in [1.82, 2.24) is 5.32 Å². The second-order valence-electron chi connectivity index (χ2n) is 5.29. The molecule has 0 fully saturated rings. The molecule has 0 bridgehead atoms. The third kappa shape index (κ3) is 9.70. The molecular formula is C14H25NO6. The fraction of sp³-hybridized carbons (Fsp3) is 0.786. The highest BCUT2D eigenvalue weighted by Gasteiger charge is 2.26. The van der Waals surface area contributed by atoms with Crippen molar-refractivity contribution in [1.29, 1.82) is 0 Å². The van der Waals surface area contributed by atoms with E-state index in [2.05, 4.69) is 5.32 Å². The molecule has 21 heavy (non-hydrogen) atoms. The summed E-state index contributed by atoms with van der Waals surface area (Å²) < 4.78 is 14.7. The zero-order valence-corrected chi connectivity index (χ0v) is 13.4. The van der Waals surface area contributed by atoms with Crippen molar-refractivity contribution in [3.8, 4) is 0 Å². The van der Waals surface area contributed by atoms with Crippen LogP contribution in [0.25, 0.3) is 0 Å². The number of alkyl carbamates (subject to hydrolysis) is 1. The van der Waals surface area contributed by atoms with Crippen LogP contribution in [0.2, 0.25) is 0 Å². The highest BCUT2D eigenvalue weighted by atomic mass is 16.6. The molecular weight excluding hydrogens is 278 g/mol. The van der Waals surface area contributed by atoms with Crippen molar-refractivity contribution in [2.45, 2.75) is 59.1 Å². The molecule has 7 nitrogen and oxygen atoms in total. The van der Waals surface area contributed by atoms with Crippen molar-refractivity contribution in [3.05, 3.63) is 0 Å². The Morgan fingerprint density at radius 3 is 2.10 bits per heavy atom. The molecule has 1 atom stereocenters. The molecule has 0 spiro atoms. The highest BCUT2D eigenvalue weighted by molar-refractivity contribution is 5.82. The molecule has 0 saturated heterocycles. The Bertz CT molecular complexity index is 361. The van der Waals surface area contributed by atoms with Crippen molar-refractivity contribution >= 4 is 18.0 Å². The maximum atomic E-state index is 11.8. The monoisotopic (exact) mass is 303 g/mol. The van der Waals surface area contributed by atoms with Gasteiger partial charge in [0.2, 0.25) is 0 Å². The van der Waals surface area contributed by atoms with E-state index in [9.17, 15) is 14.4 Å². The second kappa shape index (κ2) is 9.20. The number of rotatable bonds is 7. The van der Waals surface area contributed by atoms with Gasteiger partial charge in [0.25, 0.3) is 0 Å². The molecule has 0 aromatic rings. The Hall–Kier alpha value is -1.79. The van der Waals surface area contributed by atoms with E-state index in [4.69, 9.17) is 14.2 Å². The molecule has 1 amide bonds. The van der Waals surface area contributed by atoms with Crippen molar-refractivity contribution < 1.29 is 28.6 Å². The van der Waals surface area contributed by atoms with Gasteiger partial charge in [0.05, 0.1) is 13.2 Å². The van der Waals surface area contributed by atoms with Gasteiger partial charge in [-0.3, -0.25) is 4.79 Å². The summed E-state index contributed by atoms with van der Waals surface area (Å²) in [6.07, 6.45) is -0.631. The number of nitrogens with one attached hydrogen (secondary N) is 1. The van der Waals surface area contributed by atoms with Crippen LogP contribution in [0.4, 0.5) is 4.79 Å². The van der Waals surface area contributed by atoms with Crippen LogP contribution < -0.4 is 5.32 Å². The van der Waals surface area contributed by atoms with E-state index in [1.807, 2.05) is 0 Å².